The number of anilines is 1. The van der Waals surface area contributed by atoms with Crippen molar-refractivity contribution in [2.75, 3.05) is 12.8 Å². The van der Waals surface area contributed by atoms with Gasteiger partial charge in [-0.2, -0.15) is 5.10 Å². The molecule has 0 aliphatic heterocycles. The number of rotatable bonds is 5. The van der Waals surface area contributed by atoms with Crippen molar-refractivity contribution in [2.45, 2.75) is 25.3 Å². The lowest BCUT2D eigenvalue weighted by Gasteiger charge is -2.08. The van der Waals surface area contributed by atoms with Gasteiger partial charge < -0.3 is 15.8 Å². The van der Waals surface area contributed by atoms with Crippen LogP contribution in [0.4, 0.5) is 5.69 Å². The molecule has 1 aliphatic carbocycles. The number of aromatic nitrogens is 2. The first-order valence-corrected chi connectivity index (χ1v) is 6.94. The number of para-hydroxylation sites is 1. The molecule has 1 amide bonds. The fraction of sp³-hybridized carbons (Fsp3) is 0.333. The zero-order valence-corrected chi connectivity index (χ0v) is 11.8. The molecule has 1 heterocycles. The van der Waals surface area contributed by atoms with Crippen LogP contribution in [0.1, 0.15) is 40.5 Å². The minimum atomic E-state index is -0.276. The van der Waals surface area contributed by atoms with E-state index >= 15 is 0 Å². The van der Waals surface area contributed by atoms with Crippen molar-refractivity contribution in [1.82, 2.24) is 15.5 Å². The Balaban J connectivity index is 1.69. The largest absolute Gasteiger partial charge is 0.496 e. The van der Waals surface area contributed by atoms with Crippen LogP contribution in [-0.4, -0.2) is 23.2 Å². The van der Waals surface area contributed by atoms with Crippen LogP contribution < -0.4 is 15.8 Å². The van der Waals surface area contributed by atoms with Crippen molar-refractivity contribution in [3.63, 3.8) is 0 Å². The van der Waals surface area contributed by atoms with Gasteiger partial charge >= 0.3 is 0 Å². The third-order valence-corrected chi connectivity index (χ3v) is 3.67. The molecule has 110 valence electrons. The number of nitrogens with zero attached hydrogens (tertiary/aromatic N) is 1. The summed E-state index contributed by atoms with van der Waals surface area (Å²) in [5.74, 6) is 0.904. The Morgan fingerprint density at radius 2 is 2.24 bits per heavy atom. The molecule has 0 unspecified atom stereocenters. The summed E-state index contributed by atoms with van der Waals surface area (Å²) in [7, 11) is 1.61. The molecule has 1 aromatic heterocycles. The average Bonchev–Trinajstić information content (AvgIpc) is 3.28. The number of carbonyl (C=O) groups is 1. The number of benzene rings is 1. The van der Waals surface area contributed by atoms with Crippen molar-refractivity contribution in [2.24, 2.45) is 0 Å². The van der Waals surface area contributed by atoms with Gasteiger partial charge in [0.15, 0.2) is 5.69 Å². The van der Waals surface area contributed by atoms with Crippen LogP contribution in [0, 0.1) is 0 Å². The van der Waals surface area contributed by atoms with E-state index in [-0.39, 0.29) is 11.6 Å². The van der Waals surface area contributed by atoms with Gasteiger partial charge in [-0.3, -0.25) is 9.89 Å². The van der Waals surface area contributed by atoms with E-state index in [1.807, 2.05) is 24.3 Å². The Labute approximate surface area is 122 Å². The van der Waals surface area contributed by atoms with Crippen molar-refractivity contribution >= 4 is 11.6 Å². The lowest BCUT2D eigenvalue weighted by atomic mass is 10.2. The summed E-state index contributed by atoms with van der Waals surface area (Å²) in [4.78, 5) is 12.2. The Morgan fingerprint density at radius 1 is 1.48 bits per heavy atom. The molecule has 1 fully saturated rings. The number of carbonyl (C=O) groups excluding carboxylic acids is 1. The van der Waals surface area contributed by atoms with Gasteiger partial charge in [-0.1, -0.05) is 18.2 Å². The minimum Gasteiger partial charge on any atom is -0.496 e. The van der Waals surface area contributed by atoms with E-state index in [2.05, 4.69) is 15.5 Å². The normalized spacial score (nSPS) is 14.0. The second kappa shape index (κ2) is 5.47. The van der Waals surface area contributed by atoms with Crippen molar-refractivity contribution in [1.29, 1.82) is 0 Å². The molecule has 4 N–H and O–H groups in total. The topological polar surface area (TPSA) is 93.0 Å². The first-order chi connectivity index (χ1) is 10.2. The van der Waals surface area contributed by atoms with E-state index in [0.29, 0.717) is 18.2 Å². The molecule has 0 bridgehead atoms. The second-order valence-electron chi connectivity index (χ2n) is 5.17. The van der Waals surface area contributed by atoms with Gasteiger partial charge in [0.05, 0.1) is 18.5 Å². The van der Waals surface area contributed by atoms with Crippen molar-refractivity contribution in [3.8, 4) is 5.75 Å². The number of ether oxygens (including phenoxy) is 1. The molecule has 1 aromatic carbocycles. The molecular weight excluding hydrogens is 268 g/mol. The van der Waals surface area contributed by atoms with E-state index < -0.39 is 0 Å². The number of hydrogen-bond donors (Lipinski definition) is 3. The van der Waals surface area contributed by atoms with E-state index in [4.69, 9.17) is 10.5 Å². The van der Waals surface area contributed by atoms with Crippen LogP contribution in [0.3, 0.4) is 0 Å². The van der Waals surface area contributed by atoms with Gasteiger partial charge in [-0.25, -0.2) is 0 Å². The number of nitrogens with one attached hydrogen (secondary N) is 2. The predicted octanol–water partition coefficient (Wildman–Crippen LogP) is 1.81. The Morgan fingerprint density at radius 3 is 2.95 bits per heavy atom. The summed E-state index contributed by atoms with van der Waals surface area (Å²) in [6.07, 6.45) is 2.21. The summed E-state index contributed by atoms with van der Waals surface area (Å²) in [6, 6.07) is 7.55. The van der Waals surface area contributed by atoms with E-state index in [1.165, 1.54) is 0 Å². The summed E-state index contributed by atoms with van der Waals surface area (Å²) in [5.41, 5.74) is 8.52. The van der Waals surface area contributed by atoms with Crippen LogP contribution in [0.15, 0.2) is 24.3 Å². The SMILES string of the molecule is COc1ccccc1CNC(=O)c1n[nH]c(C2CC2)c1N. The molecule has 21 heavy (non-hydrogen) atoms. The maximum absolute atomic E-state index is 12.2. The number of methoxy groups -OCH3 is 1. The molecule has 1 saturated carbocycles. The van der Waals surface area contributed by atoms with E-state index in [0.717, 1.165) is 29.8 Å². The monoisotopic (exact) mass is 286 g/mol. The third-order valence-electron chi connectivity index (χ3n) is 3.67. The summed E-state index contributed by atoms with van der Waals surface area (Å²) in [5, 5.41) is 9.74. The highest BCUT2D eigenvalue weighted by molar-refractivity contribution is 5.97. The fourth-order valence-electron chi connectivity index (χ4n) is 2.33. The van der Waals surface area contributed by atoms with E-state index in [9.17, 15) is 4.79 Å². The Kier molecular flexibility index (Phi) is 3.51. The Hall–Kier alpha value is -2.50. The second-order valence-corrected chi connectivity index (χ2v) is 5.17. The number of H-pyrrole nitrogens is 1. The number of aromatic amines is 1. The molecule has 0 radical (unpaired) electrons. The molecule has 0 spiro atoms. The molecule has 3 rings (SSSR count). The minimum absolute atomic E-state index is 0.270. The maximum Gasteiger partial charge on any atom is 0.274 e. The molecule has 6 heteroatoms. The highest BCUT2D eigenvalue weighted by Crippen LogP contribution is 2.42. The number of nitrogens with two attached hydrogens (primary N) is 1. The van der Waals surface area contributed by atoms with Crippen LogP contribution in [0.25, 0.3) is 0 Å². The molecule has 0 atom stereocenters. The summed E-state index contributed by atoms with van der Waals surface area (Å²) >= 11 is 0. The Bertz CT molecular complexity index is 661. The van der Waals surface area contributed by atoms with Crippen LogP contribution in [0.2, 0.25) is 0 Å². The first kappa shape index (κ1) is 13.5. The first-order valence-electron chi connectivity index (χ1n) is 6.94. The number of amides is 1. The van der Waals surface area contributed by atoms with Gasteiger partial charge in [0.25, 0.3) is 5.91 Å². The lowest BCUT2D eigenvalue weighted by molar-refractivity contribution is 0.0946. The number of nitrogen functional groups attached to an aromatic ring is 1. The average molecular weight is 286 g/mol. The zero-order chi connectivity index (χ0) is 14.8. The summed E-state index contributed by atoms with van der Waals surface area (Å²) < 4.78 is 5.25. The highest BCUT2D eigenvalue weighted by Gasteiger charge is 2.30. The molecule has 0 saturated heterocycles. The zero-order valence-electron chi connectivity index (χ0n) is 11.8. The van der Waals surface area contributed by atoms with Gasteiger partial charge in [0.1, 0.15) is 5.75 Å². The predicted molar refractivity (Wildman–Crippen MR) is 79.1 cm³/mol. The standard InChI is InChI=1S/C15H18N4O2/c1-21-11-5-3-2-4-10(11)8-17-15(20)14-12(16)13(18-19-14)9-6-7-9/h2-5,9H,6-8,16H2,1H3,(H,17,20)(H,18,19). The van der Waals surface area contributed by atoms with Crippen LogP contribution >= 0.6 is 0 Å². The van der Waals surface area contributed by atoms with Gasteiger partial charge in [-0.15, -0.1) is 0 Å². The molecule has 1 aliphatic rings. The highest BCUT2D eigenvalue weighted by atomic mass is 16.5. The smallest absolute Gasteiger partial charge is 0.274 e. The fourth-order valence-corrected chi connectivity index (χ4v) is 2.33. The van der Waals surface area contributed by atoms with Gasteiger partial charge in [-0.05, 0) is 18.9 Å². The van der Waals surface area contributed by atoms with Gasteiger partial charge in [0, 0.05) is 18.0 Å². The summed E-state index contributed by atoms with van der Waals surface area (Å²) in [6.45, 7) is 0.369. The molecule has 2 aromatic rings. The van der Waals surface area contributed by atoms with Crippen LogP contribution in [0.5, 0.6) is 5.75 Å². The van der Waals surface area contributed by atoms with Gasteiger partial charge in [0.2, 0.25) is 0 Å². The number of hydrogen-bond acceptors (Lipinski definition) is 4. The quantitative estimate of drug-likeness (QED) is 0.781. The third kappa shape index (κ3) is 2.69. The molecule has 6 nitrogen and oxygen atoms in total. The molecular formula is C15H18N4O2. The lowest BCUT2D eigenvalue weighted by Crippen LogP contribution is -2.24. The van der Waals surface area contributed by atoms with Crippen LogP contribution in [-0.2, 0) is 6.54 Å². The maximum atomic E-state index is 12.2. The van der Waals surface area contributed by atoms with Crippen molar-refractivity contribution in [3.05, 3.63) is 41.2 Å². The van der Waals surface area contributed by atoms with Crippen molar-refractivity contribution < 1.29 is 9.53 Å². The van der Waals surface area contributed by atoms with E-state index in [1.54, 1.807) is 7.11 Å².